The highest BCUT2D eigenvalue weighted by Gasteiger charge is 2.23. The van der Waals surface area contributed by atoms with Crippen LogP contribution < -0.4 is 14.8 Å². The molecule has 1 aromatic rings. The number of rotatable bonds is 8. The first-order chi connectivity index (χ1) is 11.5. The molecule has 1 aliphatic rings. The zero-order valence-corrected chi connectivity index (χ0v) is 13.5. The second-order valence-electron chi connectivity index (χ2n) is 5.63. The second kappa shape index (κ2) is 8.51. The van der Waals surface area contributed by atoms with Crippen molar-refractivity contribution in [3.8, 4) is 11.5 Å². The molecule has 0 spiro atoms. The molecule has 8 nitrogen and oxygen atoms in total. The number of nitrogens with one attached hydrogen (secondary N) is 1. The van der Waals surface area contributed by atoms with Gasteiger partial charge in [0.2, 0.25) is 5.91 Å². The molecule has 0 bridgehead atoms. The molecule has 132 valence electrons. The summed E-state index contributed by atoms with van der Waals surface area (Å²) in [5, 5.41) is 20.8. The number of hydrogen-bond donors (Lipinski definition) is 3. The van der Waals surface area contributed by atoms with Crippen molar-refractivity contribution in [1.82, 2.24) is 4.90 Å². The Morgan fingerprint density at radius 1 is 1.29 bits per heavy atom. The minimum atomic E-state index is -1.04. The average Bonchev–Trinajstić information content (AvgIpc) is 2.54. The SMILES string of the molecule is CN(CCO)C[C@@H](CC(=O)Nc1ccc2c(c1)OCCO2)C(=O)O. The Balaban J connectivity index is 1.94. The Hall–Kier alpha value is -2.32. The maximum atomic E-state index is 12.1. The number of fused-ring (bicyclic) bond motifs is 1. The number of carboxylic acids is 1. The highest BCUT2D eigenvalue weighted by atomic mass is 16.6. The minimum absolute atomic E-state index is 0.0633. The van der Waals surface area contributed by atoms with Crippen LogP contribution in [0.5, 0.6) is 11.5 Å². The number of hydrogen-bond acceptors (Lipinski definition) is 6. The summed E-state index contributed by atoms with van der Waals surface area (Å²) >= 11 is 0. The first-order valence-corrected chi connectivity index (χ1v) is 7.71. The summed E-state index contributed by atoms with van der Waals surface area (Å²) in [5.41, 5.74) is 0.525. The van der Waals surface area contributed by atoms with Gasteiger partial charge in [0.15, 0.2) is 11.5 Å². The lowest BCUT2D eigenvalue weighted by Gasteiger charge is -2.21. The second-order valence-corrected chi connectivity index (χ2v) is 5.63. The highest BCUT2D eigenvalue weighted by molar-refractivity contribution is 5.93. The number of ether oxygens (including phenoxy) is 2. The third-order valence-corrected chi connectivity index (χ3v) is 3.62. The standard InChI is InChI=1S/C16H22N2O6/c1-18(4-5-19)10-11(16(21)22)8-15(20)17-12-2-3-13-14(9-12)24-7-6-23-13/h2-3,9,11,19H,4-8,10H2,1H3,(H,17,20)(H,21,22)/t11-/m1/s1. The molecule has 1 aromatic carbocycles. The molecule has 8 heteroatoms. The maximum Gasteiger partial charge on any atom is 0.308 e. The molecule has 0 unspecified atom stereocenters. The van der Waals surface area contributed by atoms with Gasteiger partial charge in [0.25, 0.3) is 0 Å². The number of aliphatic hydroxyl groups excluding tert-OH is 1. The minimum Gasteiger partial charge on any atom is -0.486 e. The van der Waals surface area contributed by atoms with Crippen molar-refractivity contribution in [3.63, 3.8) is 0 Å². The largest absolute Gasteiger partial charge is 0.486 e. The van der Waals surface area contributed by atoms with Gasteiger partial charge in [-0.3, -0.25) is 9.59 Å². The van der Waals surface area contributed by atoms with Gasteiger partial charge in [-0.2, -0.15) is 0 Å². The van der Waals surface area contributed by atoms with Gasteiger partial charge in [-0.25, -0.2) is 0 Å². The lowest BCUT2D eigenvalue weighted by molar-refractivity contribution is -0.144. The Bertz CT molecular complexity index is 592. The van der Waals surface area contributed by atoms with Gasteiger partial charge < -0.3 is 29.9 Å². The molecule has 1 heterocycles. The van der Waals surface area contributed by atoms with E-state index in [1.54, 1.807) is 30.1 Å². The molecular formula is C16H22N2O6. The first kappa shape index (κ1) is 18.0. The number of aliphatic hydroxyl groups is 1. The lowest BCUT2D eigenvalue weighted by atomic mass is 10.0. The Kier molecular flexibility index (Phi) is 6.39. The summed E-state index contributed by atoms with van der Waals surface area (Å²) in [4.78, 5) is 25.1. The number of amides is 1. The van der Waals surface area contributed by atoms with E-state index in [2.05, 4.69) is 5.32 Å². The highest BCUT2D eigenvalue weighted by Crippen LogP contribution is 2.32. The van der Waals surface area contributed by atoms with Crippen LogP contribution in [0, 0.1) is 5.92 Å². The summed E-state index contributed by atoms with van der Waals surface area (Å²) < 4.78 is 10.8. The van der Waals surface area contributed by atoms with Gasteiger partial charge in [0.05, 0.1) is 12.5 Å². The average molecular weight is 338 g/mol. The molecule has 0 saturated heterocycles. The topological polar surface area (TPSA) is 108 Å². The van der Waals surface area contributed by atoms with Crippen LogP contribution in [0.1, 0.15) is 6.42 Å². The number of carbonyl (C=O) groups is 2. The van der Waals surface area contributed by atoms with Gasteiger partial charge in [0, 0.05) is 31.3 Å². The van der Waals surface area contributed by atoms with Crippen molar-refractivity contribution in [2.45, 2.75) is 6.42 Å². The lowest BCUT2D eigenvalue weighted by Crippen LogP contribution is -2.34. The molecule has 0 aromatic heterocycles. The van der Waals surface area contributed by atoms with E-state index in [1.165, 1.54) is 0 Å². The smallest absolute Gasteiger partial charge is 0.308 e. The molecule has 1 atom stereocenters. The number of nitrogens with zero attached hydrogens (tertiary/aromatic N) is 1. The quantitative estimate of drug-likeness (QED) is 0.630. The fourth-order valence-electron chi connectivity index (χ4n) is 2.43. The normalized spacial score (nSPS) is 14.3. The van der Waals surface area contributed by atoms with E-state index in [9.17, 15) is 14.7 Å². The zero-order chi connectivity index (χ0) is 17.5. The number of carbonyl (C=O) groups excluding carboxylic acids is 1. The predicted octanol–water partition coefficient (Wildman–Crippen LogP) is 0.411. The summed E-state index contributed by atoms with van der Waals surface area (Å²) in [7, 11) is 1.70. The van der Waals surface area contributed by atoms with Crippen molar-refractivity contribution in [2.75, 3.05) is 45.3 Å². The number of anilines is 1. The number of benzene rings is 1. The van der Waals surface area contributed by atoms with E-state index >= 15 is 0 Å². The van der Waals surface area contributed by atoms with Crippen LogP contribution in [0.3, 0.4) is 0 Å². The van der Waals surface area contributed by atoms with Crippen molar-refractivity contribution < 1.29 is 29.3 Å². The summed E-state index contributed by atoms with van der Waals surface area (Å²) in [6.45, 7) is 1.41. The molecular weight excluding hydrogens is 316 g/mol. The summed E-state index contributed by atoms with van der Waals surface area (Å²) in [6.07, 6.45) is -0.153. The van der Waals surface area contributed by atoms with Crippen molar-refractivity contribution in [3.05, 3.63) is 18.2 Å². The first-order valence-electron chi connectivity index (χ1n) is 7.71. The van der Waals surface area contributed by atoms with Gasteiger partial charge in [-0.15, -0.1) is 0 Å². The van der Waals surface area contributed by atoms with Gasteiger partial charge in [0.1, 0.15) is 13.2 Å². The van der Waals surface area contributed by atoms with Crippen molar-refractivity contribution in [2.24, 2.45) is 5.92 Å². The molecule has 2 rings (SSSR count). The van der Waals surface area contributed by atoms with E-state index in [-0.39, 0.29) is 19.6 Å². The van der Waals surface area contributed by atoms with Crippen LogP contribution in [-0.2, 0) is 9.59 Å². The van der Waals surface area contributed by atoms with Crippen LogP contribution in [0.15, 0.2) is 18.2 Å². The summed E-state index contributed by atoms with van der Waals surface area (Å²) in [5.74, 6) is -1.11. The number of likely N-dealkylation sites (N-methyl/N-ethyl adjacent to an activating group) is 1. The molecule has 1 amide bonds. The third-order valence-electron chi connectivity index (χ3n) is 3.62. The number of carboxylic acid groups (broad SMARTS) is 1. The van der Waals surface area contributed by atoms with Crippen LogP contribution in [0.4, 0.5) is 5.69 Å². The molecule has 0 aliphatic carbocycles. The molecule has 24 heavy (non-hydrogen) atoms. The van der Waals surface area contributed by atoms with E-state index in [0.29, 0.717) is 36.9 Å². The summed E-state index contributed by atoms with van der Waals surface area (Å²) in [6, 6.07) is 5.03. The van der Waals surface area contributed by atoms with Crippen LogP contribution in [-0.4, -0.2) is 66.9 Å². The van der Waals surface area contributed by atoms with E-state index in [4.69, 9.17) is 14.6 Å². The fourth-order valence-corrected chi connectivity index (χ4v) is 2.43. The van der Waals surface area contributed by atoms with Gasteiger partial charge >= 0.3 is 5.97 Å². The van der Waals surface area contributed by atoms with E-state index in [0.717, 1.165) is 0 Å². The zero-order valence-electron chi connectivity index (χ0n) is 13.5. The van der Waals surface area contributed by atoms with Crippen molar-refractivity contribution in [1.29, 1.82) is 0 Å². The van der Waals surface area contributed by atoms with E-state index < -0.39 is 17.8 Å². The Morgan fingerprint density at radius 3 is 2.67 bits per heavy atom. The van der Waals surface area contributed by atoms with Gasteiger partial charge in [-0.05, 0) is 19.2 Å². The fraction of sp³-hybridized carbons (Fsp3) is 0.500. The third kappa shape index (κ3) is 5.10. The molecule has 0 fully saturated rings. The monoisotopic (exact) mass is 338 g/mol. The van der Waals surface area contributed by atoms with Gasteiger partial charge in [-0.1, -0.05) is 0 Å². The van der Waals surface area contributed by atoms with Crippen LogP contribution in [0.2, 0.25) is 0 Å². The number of aliphatic carboxylic acids is 1. The van der Waals surface area contributed by atoms with Crippen LogP contribution >= 0.6 is 0 Å². The maximum absolute atomic E-state index is 12.1. The predicted molar refractivity (Wildman–Crippen MR) is 86.4 cm³/mol. The molecule has 0 radical (unpaired) electrons. The molecule has 1 aliphatic heterocycles. The van der Waals surface area contributed by atoms with Crippen LogP contribution in [0.25, 0.3) is 0 Å². The van der Waals surface area contributed by atoms with E-state index in [1.807, 2.05) is 0 Å². The Labute approximate surface area is 140 Å². The molecule has 3 N–H and O–H groups in total. The Morgan fingerprint density at radius 2 is 2.00 bits per heavy atom. The molecule has 0 saturated carbocycles. The van der Waals surface area contributed by atoms with Crippen molar-refractivity contribution >= 4 is 17.6 Å².